The highest BCUT2D eigenvalue weighted by molar-refractivity contribution is 9.13. The molecule has 0 aliphatic heterocycles. The molecular formula is C11H5Br3ClFS. The van der Waals surface area contributed by atoms with E-state index in [-0.39, 0.29) is 10.6 Å². The molecule has 1 aromatic carbocycles. The van der Waals surface area contributed by atoms with Gasteiger partial charge in [-0.1, -0.05) is 27.5 Å². The summed E-state index contributed by atoms with van der Waals surface area (Å²) in [7, 11) is 0. The Labute approximate surface area is 133 Å². The lowest BCUT2D eigenvalue weighted by Gasteiger charge is -2.09. The standard InChI is InChI=1S/C11H5Br3ClFS/c12-7-4-9(17-11(7)14)10(13)6-3-5(15)1-2-8(6)16/h1-4,10H. The Kier molecular flexibility index (Phi) is 4.69. The highest BCUT2D eigenvalue weighted by Crippen LogP contribution is 2.42. The van der Waals surface area contributed by atoms with Crippen molar-refractivity contribution in [1.29, 1.82) is 0 Å². The van der Waals surface area contributed by atoms with Crippen LogP contribution in [0.5, 0.6) is 0 Å². The van der Waals surface area contributed by atoms with Gasteiger partial charge in [0.15, 0.2) is 0 Å². The molecule has 0 aliphatic carbocycles. The van der Waals surface area contributed by atoms with Crippen LogP contribution in [0, 0.1) is 5.82 Å². The Morgan fingerprint density at radius 1 is 1.24 bits per heavy atom. The van der Waals surface area contributed by atoms with Crippen LogP contribution in [0.25, 0.3) is 0 Å². The molecule has 1 aromatic heterocycles. The van der Waals surface area contributed by atoms with E-state index in [1.54, 1.807) is 23.5 Å². The molecule has 0 fully saturated rings. The van der Waals surface area contributed by atoms with Crippen LogP contribution in [0.3, 0.4) is 0 Å². The van der Waals surface area contributed by atoms with Gasteiger partial charge in [-0.25, -0.2) is 4.39 Å². The number of hydrogen-bond acceptors (Lipinski definition) is 1. The van der Waals surface area contributed by atoms with Gasteiger partial charge in [-0.3, -0.25) is 0 Å². The average molecular weight is 463 g/mol. The molecular weight excluding hydrogens is 458 g/mol. The predicted octanol–water partition coefficient (Wildman–Crippen LogP) is 6.55. The second-order valence-electron chi connectivity index (χ2n) is 3.30. The summed E-state index contributed by atoms with van der Waals surface area (Å²) in [5.74, 6) is -0.267. The van der Waals surface area contributed by atoms with Gasteiger partial charge < -0.3 is 0 Å². The first-order valence-electron chi connectivity index (χ1n) is 4.53. The average Bonchev–Trinajstić information content (AvgIpc) is 2.62. The third kappa shape index (κ3) is 3.13. The van der Waals surface area contributed by atoms with Crippen LogP contribution in [0.15, 0.2) is 32.5 Å². The molecule has 1 heterocycles. The van der Waals surface area contributed by atoms with Crippen molar-refractivity contribution in [3.63, 3.8) is 0 Å². The molecule has 0 nitrogen and oxygen atoms in total. The van der Waals surface area contributed by atoms with E-state index in [1.807, 2.05) is 6.07 Å². The van der Waals surface area contributed by atoms with Crippen molar-refractivity contribution in [2.45, 2.75) is 4.83 Å². The van der Waals surface area contributed by atoms with Gasteiger partial charge in [0, 0.05) is 19.9 Å². The fourth-order valence-electron chi connectivity index (χ4n) is 1.35. The summed E-state index contributed by atoms with van der Waals surface area (Å²) in [5, 5.41) is 0.528. The zero-order valence-electron chi connectivity index (χ0n) is 8.18. The minimum Gasteiger partial charge on any atom is -0.207 e. The molecule has 90 valence electrons. The van der Waals surface area contributed by atoms with Crippen molar-refractivity contribution in [3.05, 3.63) is 53.8 Å². The van der Waals surface area contributed by atoms with Gasteiger partial charge in [0.1, 0.15) is 5.82 Å². The normalized spacial score (nSPS) is 12.8. The largest absolute Gasteiger partial charge is 0.207 e. The number of hydrogen-bond donors (Lipinski definition) is 0. The van der Waals surface area contributed by atoms with Crippen molar-refractivity contribution < 1.29 is 4.39 Å². The topological polar surface area (TPSA) is 0 Å². The number of rotatable bonds is 2. The molecule has 0 spiro atoms. The van der Waals surface area contributed by atoms with E-state index in [9.17, 15) is 4.39 Å². The summed E-state index contributed by atoms with van der Waals surface area (Å²) in [6.45, 7) is 0. The molecule has 0 saturated heterocycles. The predicted molar refractivity (Wildman–Crippen MR) is 81.9 cm³/mol. The van der Waals surface area contributed by atoms with Crippen LogP contribution in [0.1, 0.15) is 15.3 Å². The Morgan fingerprint density at radius 3 is 2.53 bits per heavy atom. The fourth-order valence-corrected chi connectivity index (χ4v) is 4.38. The molecule has 0 bridgehead atoms. The smallest absolute Gasteiger partial charge is 0.128 e. The lowest BCUT2D eigenvalue weighted by Crippen LogP contribution is -1.94. The number of halogens is 5. The third-order valence-corrected chi connectivity index (χ3v) is 6.99. The van der Waals surface area contributed by atoms with Crippen molar-refractivity contribution >= 4 is 70.7 Å². The zero-order valence-corrected chi connectivity index (χ0v) is 14.5. The van der Waals surface area contributed by atoms with Crippen molar-refractivity contribution in [2.24, 2.45) is 0 Å². The lowest BCUT2D eigenvalue weighted by atomic mass is 10.1. The number of thiophene rings is 1. The van der Waals surface area contributed by atoms with Crippen LogP contribution in [-0.4, -0.2) is 0 Å². The van der Waals surface area contributed by atoms with E-state index < -0.39 is 0 Å². The van der Waals surface area contributed by atoms with E-state index >= 15 is 0 Å². The quantitative estimate of drug-likeness (QED) is 0.443. The van der Waals surface area contributed by atoms with E-state index in [1.165, 1.54) is 6.07 Å². The van der Waals surface area contributed by atoms with E-state index in [0.717, 1.165) is 13.1 Å². The Hall–Kier alpha value is 0.580. The number of benzene rings is 1. The first kappa shape index (κ1) is 14.0. The molecule has 1 atom stereocenters. The molecule has 2 aromatic rings. The van der Waals surface area contributed by atoms with Crippen LogP contribution in [0.4, 0.5) is 4.39 Å². The maximum Gasteiger partial charge on any atom is 0.128 e. The van der Waals surface area contributed by atoms with Crippen molar-refractivity contribution in [3.8, 4) is 0 Å². The summed E-state index contributed by atoms with van der Waals surface area (Å²) in [6.07, 6.45) is 0. The van der Waals surface area contributed by atoms with Gasteiger partial charge in [0.05, 0.1) is 8.61 Å². The molecule has 0 radical (unpaired) electrons. The van der Waals surface area contributed by atoms with Crippen molar-refractivity contribution in [2.75, 3.05) is 0 Å². The van der Waals surface area contributed by atoms with Crippen LogP contribution in [0.2, 0.25) is 5.02 Å². The molecule has 0 aliphatic rings. The first-order valence-corrected chi connectivity index (χ1v) is 8.22. The minimum atomic E-state index is -0.267. The Balaban J connectivity index is 2.42. The second kappa shape index (κ2) is 5.70. The van der Waals surface area contributed by atoms with Gasteiger partial charge >= 0.3 is 0 Å². The Bertz CT molecular complexity index is 536. The maximum atomic E-state index is 13.7. The van der Waals surface area contributed by atoms with Crippen LogP contribution < -0.4 is 0 Å². The van der Waals surface area contributed by atoms with E-state index in [2.05, 4.69) is 47.8 Å². The van der Waals surface area contributed by atoms with Gasteiger partial charge in [-0.2, -0.15) is 0 Å². The number of alkyl halides is 1. The lowest BCUT2D eigenvalue weighted by molar-refractivity contribution is 0.614. The van der Waals surface area contributed by atoms with Gasteiger partial charge in [0.25, 0.3) is 0 Å². The zero-order chi connectivity index (χ0) is 12.6. The van der Waals surface area contributed by atoms with Crippen molar-refractivity contribution in [1.82, 2.24) is 0 Å². The second-order valence-corrected chi connectivity index (χ2v) is 7.91. The van der Waals surface area contributed by atoms with Gasteiger partial charge in [0.2, 0.25) is 0 Å². The molecule has 6 heteroatoms. The molecule has 0 N–H and O–H groups in total. The summed E-state index contributed by atoms with van der Waals surface area (Å²) < 4.78 is 15.7. The van der Waals surface area contributed by atoms with Crippen LogP contribution in [-0.2, 0) is 0 Å². The molecule has 17 heavy (non-hydrogen) atoms. The summed E-state index contributed by atoms with van der Waals surface area (Å²) in [4.78, 5) is 0.804. The molecule has 1 unspecified atom stereocenters. The molecule has 0 saturated carbocycles. The summed E-state index contributed by atoms with van der Waals surface area (Å²) in [6, 6.07) is 6.51. The molecule has 2 rings (SSSR count). The monoisotopic (exact) mass is 460 g/mol. The summed E-state index contributed by atoms with van der Waals surface area (Å²) in [5.41, 5.74) is 0.541. The highest BCUT2D eigenvalue weighted by Gasteiger charge is 2.18. The molecule has 0 amide bonds. The van der Waals surface area contributed by atoms with E-state index in [4.69, 9.17) is 11.6 Å². The summed E-state index contributed by atoms with van der Waals surface area (Å²) >= 11 is 17.8. The first-order chi connectivity index (χ1) is 7.99. The SMILES string of the molecule is Fc1ccc(Cl)cc1C(Br)c1cc(Br)c(Br)s1. The fraction of sp³-hybridized carbons (Fsp3) is 0.0909. The van der Waals surface area contributed by atoms with Gasteiger partial charge in [-0.15, -0.1) is 11.3 Å². The minimum absolute atomic E-state index is 0.200. The highest BCUT2D eigenvalue weighted by atomic mass is 79.9. The maximum absolute atomic E-state index is 13.7. The van der Waals surface area contributed by atoms with Gasteiger partial charge in [-0.05, 0) is 56.1 Å². The third-order valence-electron chi connectivity index (χ3n) is 2.15. The van der Waals surface area contributed by atoms with Crippen LogP contribution >= 0.6 is 70.7 Å². The van der Waals surface area contributed by atoms with E-state index in [0.29, 0.717) is 10.6 Å². The Morgan fingerprint density at radius 2 is 1.94 bits per heavy atom.